The van der Waals surface area contributed by atoms with Crippen LogP contribution in [0.4, 0.5) is 0 Å². The van der Waals surface area contributed by atoms with Crippen molar-refractivity contribution >= 4 is 9.84 Å². The SMILES string of the molecule is CNCC(C)C(C)CCCS(C)(=O)=O. The van der Waals surface area contributed by atoms with E-state index in [1.54, 1.807) is 0 Å². The number of rotatable bonds is 7. The largest absolute Gasteiger partial charge is 0.319 e. The summed E-state index contributed by atoms with van der Waals surface area (Å²) in [5.74, 6) is 1.52. The summed E-state index contributed by atoms with van der Waals surface area (Å²) in [6.45, 7) is 5.38. The van der Waals surface area contributed by atoms with Crippen molar-refractivity contribution in [1.29, 1.82) is 0 Å². The third-order valence-corrected chi connectivity index (χ3v) is 3.70. The molecule has 0 aromatic rings. The molecular weight excluding hydrogens is 198 g/mol. The molecule has 0 rings (SSSR count). The summed E-state index contributed by atoms with van der Waals surface area (Å²) in [4.78, 5) is 0. The first-order valence-electron chi connectivity index (χ1n) is 5.19. The highest BCUT2D eigenvalue weighted by Gasteiger charge is 2.12. The van der Waals surface area contributed by atoms with Crippen molar-refractivity contribution in [2.24, 2.45) is 11.8 Å². The summed E-state index contributed by atoms with van der Waals surface area (Å²) in [5.41, 5.74) is 0. The summed E-state index contributed by atoms with van der Waals surface area (Å²) >= 11 is 0. The lowest BCUT2D eigenvalue weighted by atomic mass is 9.92. The highest BCUT2D eigenvalue weighted by molar-refractivity contribution is 7.90. The van der Waals surface area contributed by atoms with E-state index in [0.29, 0.717) is 17.6 Å². The highest BCUT2D eigenvalue weighted by atomic mass is 32.2. The summed E-state index contributed by atoms with van der Waals surface area (Å²) in [5, 5.41) is 3.14. The molecule has 86 valence electrons. The maximum Gasteiger partial charge on any atom is 0.147 e. The van der Waals surface area contributed by atoms with E-state index in [-0.39, 0.29) is 0 Å². The molecule has 0 saturated carbocycles. The second-order valence-corrected chi connectivity index (χ2v) is 6.54. The van der Waals surface area contributed by atoms with Crippen LogP contribution in [0.3, 0.4) is 0 Å². The van der Waals surface area contributed by atoms with E-state index < -0.39 is 9.84 Å². The molecule has 0 fully saturated rings. The van der Waals surface area contributed by atoms with E-state index >= 15 is 0 Å². The average molecular weight is 221 g/mol. The van der Waals surface area contributed by atoms with Crippen LogP contribution in [0.1, 0.15) is 26.7 Å². The molecule has 0 saturated heterocycles. The van der Waals surface area contributed by atoms with E-state index in [2.05, 4.69) is 19.2 Å². The molecule has 0 aromatic heterocycles. The fraction of sp³-hybridized carbons (Fsp3) is 1.00. The number of hydrogen-bond acceptors (Lipinski definition) is 3. The number of sulfone groups is 1. The maximum absolute atomic E-state index is 10.9. The molecule has 1 N–H and O–H groups in total. The van der Waals surface area contributed by atoms with Gasteiger partial charge in [-0.1, -0.05) is 13.8 Å². The van der Waals surface area contributed by atoms with Gasteiger partial charge in [0.2, 0.25) is 0 Å². The van der Waals surface area contributed by atoms with Gasteiger partial charge < -0.3 is 5.32 Å². The van der Waals surface area contributed by atoms with Gasteiger partial charge in [-0.3, -0.25) is 0 Å². The van der Waals surface area contributed by atoms with Crippen LogP contribution in [0.25, 0.3) is 0 Å². The lowest BCUT2D eigenvalue weighted by Gasteiger charge is -2.19. The van der Waals surface area contributed by atoms with E-state index in [1.165, 1.54) is 6.26 Å². The molecule has 0 heterocycles. The van der Waals surface area contributed by atoms with Crippen molar-refractivity contribution in [3.63, 3.8) is 0 Å². The third-order valence-electron chi connectivity index (χ3n) is 2.67. The van der Waals surface area contributed by atoms with Crippen LogP contribution in [0.2, 0.25) is 0 Å². The summed E-state index contributed by atoms with van der Waals surface area (Å²) in [6.07, 6.45) is 3.08. The van der Waals surface area contributed by atoms with Crippen molar-refractivity contribution in [1.82, 2.24) is 5.32 Å². The Hall–Kier alpha value is -0.0900. The van der Waals surface area contributed by atoms with Gasteiger partial charge in [0.25, 0.3) is 0 Å². The standard InChI is InChI=1S/C10H23NO2S/c1-9(10(2)8-11-3)6-5-7-14(4,12)13/h9-11H,5-8H2,1-4H3. The Balaban J connectivity index is 3.68. The predicted octanol–water partition coefficient (Wildman–Crippen LogP) is 1.30. The molecular formula is C10H23NO2S. The van der Waals surface area contributed by atoms with E-state index in [1.807, 2.05) is 7.05 Å². The molecule has 3 nitrogen and oxygen atoms in total. The van der Waals surface area contributed by atoms with Crippen LogP contribution in [-0.4, -0.2) is 34.0 Å². The smallest absolute Gasteiger partial charge is 0.147 e. The van der Waals surface area contributed by atoms with Gasteiger partial charge >= 0.3 is 0 Å². The van der Waals surface area contributed by atoms with Crippen LogP contribution >= 0.6 is 0 Å². The van der Waals surface area contributed by atoms with Gasteiger partial charge in [0.1, 0.15) is 9.84 Å². The first kappa shape index (κ1) is 13.9. The monoisotopic (exact) mass is 221 g/mol. The van der Waals surface area contributed by atoms with Crippen LogP contribution in [-0.2, 0) is 9.84 Å². The average Bonchev–Trinajstić information content (AvgIpc) is 2.02. The van der Waals surface area contributed by atoms with Gasteiger partial charge in [0.15, 0.2) is 0 Å². The van der Waals surface area contributed by atoms with Gasteiger partial charge in [0.05, 0.1) is 0 Å². The molecule has 0 amide bonds. The molecule has 0 aliphatic rings. The number of nitrogens with one attached hydrogen (secondary N) is 1. The van der Waals surface area contributed by atoms with Crippen LogP contribution < -0.4 is 5.32 Å². The third kappa shape index (κ3) is 7.33. The molecule has 0 aliphatic carbocycles. The fourth-order valence-electron chi connectivity index (χ4n) is 1.48. The predicted molar refractivity (Wildman–Crippen MR) is 61.2 cm³/mol. The molecule has 0 aromatic carbocycles. The summed E-state index contributed by atoms with van der Waals surface area (Å²) in [7, 11) is -0.829. The Morgan fingerprint density at radius 3 is 2.21 bits per heavy atom. The Kier molecular flexibility index (Phi) is 6.36. The molecule has 0 aliphatic heterocycles. The molecule has 14 heavy (non-hydrogen) atoms. The van der Waals surface area contributed by atoms with Gasteiger partial charge in [-0.2, -0.15) is 0 Å². The summed E-state index contributed by atoms with van der Waals surface area (Å²) < 4.78 is 21.8. The second kappa shape index (κ2) is 6.40. The van der Waals surface area contributed by atoms with Crippen LogP contribution in [0, 0.1) is 11.8 Å². The van der Waals surface area contributed by atoms with E-state index in [4.69, 9.17) is 0 Å². The quantitative estimate of drug-likeness (QED) is 0.705. The zero-order valence-corrected chi connectivity index (χ0v) is 10.5. The molecule has 0 radical (unpaired) electrons. The first-order chi connectivity index (χ1) is 6.37. The lowest BCUT2D eigenvalue weighted by Crippen LogP contribution is -2.22. The van der Waals surface area contributed by atoms with Crippen molar-refractivity contribution in [3.8, 4) is 0 Å². The molecule has 4 heteroatoms. The Morgan fingerprint density at radius 2 is 1.79 bits per heavy atom. The van der Waals surface area contributed by atoms with Gasteiger partial charge in [-0.05, 0) is 38.3 Å². The van der Waals surface area contributed by atoms with Gasteiger partial charge in [0, 0.05) is 12.0 Å². The molecule has 2 unspecified atom stereocenters. The van der Waals surface area contributed by atoms with Crippen molar-refractivity contribution in [3.05, 3.63) is 0 Å². The maximum atomic E-state index is 10.9. The second-order valence-electron chi connectivity index (χ2n) is 4.28. The normalized spacial score (nSPS) is 16.6. The van der Waals surface area contributed by atoms with Crippen molar-refractivity contribution in [2.45, 2.75) is 26.7 Å². The molecule has 2 atom stereocenters. The highest BCUT2D eigenvalue weighted by Crippen LogP contribution is 2.16. The van der Waals surface area contributed by atoms with E-state index in [9.17, 15) is 8.42 Å². The lowest BCUT2D eigenvalue weighted by molar-refractivity contribution is 0.353. The van der Waals surface area contributed by atoms with Crippen LogP contribution in [0.15, 0.2) is 0 Å². The zero-order valence-electron chi connectivity index (χ0n) is 9.71. The summed E-state index contributed by atoms with van der Waals surface area (Å²) in [6, 6.07) is 0. The Labute approximate surface area is 88.2 Å². The van der Waals surface area contributed by atoms with Gasteiger partial charge in [-0.25, -0.2) is 8.42 Å². The minimum atomic E-state index is -2.77. The molecule has 0 spiro atoms. The van der Waals surface area contributed by atoms with Crippen LogP contribution in [0.5, 0.6) is 0 Å². The van der Waals surface area contributed by atoms with Gasteiger partial charge in [-0.15, -0.1) is 0 Å². The first-order valence-corrected chi connectivity index (χ1v) is 7.25. The number of hydrogen-bond donors (Lipinski definition) is 1. The van der Waals surface area contributed by atoms with Crippen molar-refractivity contribution < 1.29 is 8.42 Å². The topological polar surface area (TPSA) is 46.2 Å². The molecule has 0 bridgehead atoms. The minimum absolute atomic E-state index is 0.323. The van der Waals surface area contributed by atoms with E-state index in [0.717, 1.165) is 19.4 Å². The van der Waals surface area contributed by atoms with Crippen molar-refractivity contribution in [2.75, 3.05) is 25.6 Å². The minimum Gasteiger partial charge on any atom is -0.319 e. The fourth-order valence-corrected chi connectivity index (χ4v) is 2.17. The Morgan fingerprint density at radius 1 is 1.21 bits per heavy atom. The zero-order chi connectivity index (χ0) is 11.2. The Bertz CT molecular complexity index is 237.